The predicted octanol–water partition coefficient (Wildman–Crippen LogP) is 3.92. The third kappa shape index (κ3) is 4.56. The maximum absolute atomic E-state index is 12.4. The standard InChI is InChI=1S/C13H14ClIN2O2S2/c1-2-16-7-10-6-11(8-20-10)21(18,19)17-13-4-3-9(14)5-12(13)15/h3-6,8,16-17H,2,7H2,1H3. The van der Waals surface area contributed by atoms with Gasteiger partial charge in [0, 0.05) is 25.4 Å². The largest absolute Gasteiger partial charge is 0.312 e. The number of nitrogens with one attached hydrogen (secondary N) is 2. The van der Waals surface area contributed by atoms with E-state index in [-0.39, 0.29) is 4.90 Å². The van der Waals surface area contributed by atoms with E-state index in [2.05, 4.69) is 32.6 Å². The molecule has 4 nitrogen and oxygen atoms in total. The van der Waals surface area contributed by atoms with Gasteiger partial charge in [-0.2, -0.15) is 0 Å². The Morgan fingerprint density at radius 2 is 2.10 bits per heavy atom. The molecule has 1 aromatic carbocycles. The minimum absolute atomic E-state index is 0.283. The summed E-state index contributed by atoms with van der Waals surface area (Å²) in [5.74, 6) is 0. The van der Waals surface area contributed by atoms with E-state index in [0.29, 0.717) is 17.3 Å². The number of anilines is 1. The van der Waals surface area contributed by atoms with E-state index in [1.54, 1.807) is 29.6 Å². The van der Waals surface area contributed by atoms with Gasteiger partial charge < -0.3 is 5.32 Å². The second-order valence-corrected chi connectivity index (χ2v) is 8.54. The summed E-state index contributed by atoms with van der Waals surface area (Å²) in [7, 11) is -3.57. The fourth-order valence-electron chi connectivity index (χ4n) is 1.62. The third-order valence-electron chi connectivity index (χ3n) is 2.66. The molecule has 0 spiro atoms. The van der Waals surface area contributed by atoms with Crippen LogP contribution in [0.25, 0.3) is 0 Å². The quantitative estimate of drug-likeness (QED) is 0.648. The molecule has 0 aliphatic carbocycles. The summed E-state index contributed by atoms with van der Waals surface area (Å²) < 4.78 is 28.1. The molecular weight excluding hydrogens is 443 g/mol. The second kappa shape index (κ2) is 7.28. The van der Waals surface area contributed by atoms with Crippen molar-refractivity contribution in [3.63, 3.8) is 0 Å². The lowest BCUT2D eigenvalue weighted by atomic mass is 10.3. The zero-order valence-electron chi connectivity index (χ0n) is 11.2. The van der Waals surface area contributed by atoms with Crippen LogP contribution in [-0.2, 0) is 16.6 Å². The number of hydrogen-bond donors (Lipinski definition) is 2. The summed E-state index contributed by atoms with van der Waals surface area (Å²) in [5, 5.41) is 5.40. The lowest BCUT2D eigenvalue weighted by Crippen LogP contribution is -2.13. The molecule has 1 aromatic heterocycles. The van der Waals surface area contributed by atoms with Gasteiger partial charge in [-0.25, -0.2) is 8.42 Å². The van der Waals surface area contributed by atoms with Gasteiger partial charge >= 0.3 is 0 Å². The Morgan fingerprint density at radius 1 is 1.33 bits per heavy atom. The first-order chi connectivity index (χ1) is 9.92. The number of halogens is 2. The number of sulfonamides is 1. The highest BCUT2D eigenvalue weighted by Gasteiger charge is 2.17. The van der Waals surface area contributed by atoms with E-state index < -0.39 is 10.0 Å². The van der Waals surface area contributed by atoms with Crippen LogP contribution in [0.2, 0.25) is 5.02 Å². The molecule has 0 saturated carbocycles. The molecule has 0 radical (unpaired) electrons. The summed E-state index contributed by atoms with van der Waals surface area (Å²) in [6.07, 6.45) is 0. The zero-order valence-corrected chi connectivity index (χ0v) is 15.7. The fourth-order valence-corrected chi connectivity index (χ4v) is 5.13. The van der Waals surface area contributed by atoms with Crippen LogP contribution in [0.3, 0.4) is 0 Å². The van der Waals surface area contributed by atoms with Gasteiger partial charge in [0.15, 0.2) is 0 Å². The van der Waals surface area contributed by atoms with Crippen molar-refractivity contribution in [2.75, 3.05) is 11.3 Å². The Hall–Kier alpha value is -0.350. The smallest absolute Gasteiger partial charge is 0.262 e. The lowest BCUT2D eigenvalue weighted by Gasteiger charge is -2.08. The maximum atomic E-state index is 12.4. The highest BCUT2D eigenvalue weighted by Crippen LogP contribution is 2.26. The summed E-state index contributed by atoms with van der Waals surface area (Å²) in [6.45, 7) is 3.53. The third-order valence-corrected chi connectivity index (χ3v) is 6.22. The van der Waals surface area contributed by atoms with Gasteiger partial charge in [-0.05, 0) is 53.4 Å². The molecule has 0 unspecified atom stereocenters. The van der Waals surface area contributed by atoms with E-state index in [4.69, 9.17) is 11.6 Å². The van der Waals surface area contributed by atoms with Crippen molar-refractivity contribution in [1.82, 2.24) is 5.32 Å². The van der Waals surface area contributed by atoms with Crippen LogP contribution in [-0.4, -0.2) is 15.0 Å². The summed E-state index contributed by atoms with van der Waals surface area (Å²) in [4.78, 5) is 1.27. The number of hydrogen-bond acceptors (Lipinski definition) is 4. The van der Waals surface area contributed by atoms with Gasteiger partial charge in [-0.15, -0.1) is 11.3 Å². The monoisotopic (exact) mass is 456 g/mol. The summed E-state index contributed by atoms with van der Waals surface area (Å²) >= 11 is 9.35. The van der Waals surface area contributed by atoms with Crippen molar-refractivity contribution < 1.29 is 8.42 Å². The van der Waals surface area contributed by atoms with Crippen LogP contribution < -0.4 is 10.0 Å². The fraction of sp³-hybridized carbons (Fsp3) is 0.231. The first kappa shape index (κ1) is 17.0. The van der Waals surface area contributed by atoms with Gasteiger partial charge in [0.1, 0.15) is 0 Å². The molecule has 2 rings (SSSR count). The van der Waals surface area contributed by atoms with E-state index in [1.165, 1.54) is 11.3 Å². The van der Waals surface area contributed by atoms with Crippen molar-refractivity contribution >= 4 is 61.2 Å². The van der Waals surface area contributed by atoms with Crippen LogP contribution in [0.5, 0.6) is 0 Å². The number of thiophene rings is 1. The highest BCUT2D eigenvalue weighted by molar-refractivity contribution is 14.1. The molecular formula is C13H14ClIN2O2S2. The Bertz CT molecular complexity index is 732. The topological polar surface area (TPSA) is 58.2 Å². The first-order valence-electron chi connectivity index (χ1n) is 6.18. The normalized spacial score (nSPS) is 11.6. The van der Waals surface area contributed by atoms with Crippen molar-refractivity contribution in [2.24, 2.45) is 0 Å². The van der Waals surface area contributed by atoms with Crippen molar-refractivity contribution in [3.8, 4) is 0 Å². The molecule has 0 atom stereocenters. The Labute approximate surface area is 147 Å². The molecule has 1 heterocycles. The van der Waals surface area contributed by atoms with Crippen molar-refractivity contribution in [2.45, 2.75) is 18.4 Å². The van der Waals surface area contributed by atoms with Crippen LogP contribution in [0.1, 0.15) is 11.8 Å². The molecule has 0 fully saturated rings. The van der Waals surface area contributed by atoms with Gasteiger partial charge in [0.2, 0.25) is 0 Å². The van der Waals surface area contributed by atoms with Crippen molar-refractivity contribution in [3.05, 3.63) is 43.1 Å². The Balaban J connectivity index is 2.19. The highest BCUT2D eigenvalue weighted by atomic mass is 127. The lowest BCUT2D eigenvalue weighted by molar-refractivity contribution is 0.601. The Morgan fingerprint density at radius 3 is 2.76 bits per heavy atom. The minimum Gasteiger partial charge on any atom is -0.312 e. The second-order valence-electron chi connectivity index (χ2n) is 4.26. The van der Waals surface area contributed by atoms with Gasteiger partial charge in [0.05, 0.1) is 10.6 Å². The summed E-state index contributed by atoms with van der Waals surface area (Å²) in [5.41, 5.74) is 0.527. The molecule has 0 aliphatic heterocycles. The molecule has 2 aromatic rings. The molecule has 0 bridgehead atoms. The molecule has 114 valence electrons. The van der Waals surface area contributed by atoms with Gasteiger partial charge in [-0.1, -0.05) is 18.5 Å². The molecule has 0 saturated heterocycles. The minimum atomic E-state index is -3.57. The Kier molecular flexibility index (Phi) is 5.89. The maximum Gasteiger partial charge on any atom is 0.262 e. The van der Waals surface area contributed by atoms with E-state index in [1.807, 2.05) is 6.92 Å². The molecule has 8 heteroatoms. The van der Waals surface area contributed by atoms with E-state index >= 15 is 0 Å². The molecule has 0 aliphatic rings. The number of benzene rings is 1. The van der Waals surface area contributed by atoms with E-state index in [9.17, 15) is 8.42 Å². The first-order valence-corrected chi connectivity index (χ1v) is 10.0. The SMILES string of the molecule is CCNCc1cc(S(=O)(=O)Nc2ccc(Cl)cc2I)cs1. The van der Waals surface area contributed by atoms with Gasteiger partial charge in [0.25, 0.3) is 10.0 Å². The zero-order chi connectivity index (χ0) is 15.5. The van der Waals surface area contributed by atoms with E-state index in [0.717, 1.165) is 15.0 Å². The predicted molar refractivity (Wildman–Crippen MR) is 96.7 cm³/mol. The average molecular weight is 457 g/mol. The van der Waals surface area contributed by atoms with Gasteiger partial charge in [-0.3, -0.25) is 4.72 Å². The van der Waals surface area contributed by atoms with Crippen LogP contribution in [0.15, 0.2) is 34.5 Å². The van der Waals surface area contributed by atoms with Crippen molar-refractivity contribution in [1.29, 1.82) is 0 Å². The van der Waals surface area contributed by atoms with Crippen LogP contribution >= 0.6 is 45.5 Å². The van der Waals surface area contributed by atoms with Crippen LogP contribution in [0.4, 0.5) is 5.69 Å². The average Bonchev–Trinajstić information content (AvgIpc) is 2.89. The van der Waals surface area contributed by atoms with Crippen LogP contribution in [0, 0.1) is 3.57 Å². The molecule has 2 N–H and O–H groups in total. The summed E-state index contributed by atoms with van der Waals surface area (Å²) in [6, 6.07) is 6.72. The number of rotatable bonds is 6. The molecule has 0 amide bonds. The molecule has 21 heavy (non-hydrogen) atoms.